The minimum absolute atomic E-state index is 0.171. The van der Waals surface area contributed by atoms with Gasteiger partial charge in [-0.05, 0) is 32.3 Å². The molecule has 1 N–H and O–H groups in total. The molecule has 0 saturated heterocycles. The van der Waals surface area contributed by atoms with Crippen molar-refractivity contribution in [1.82, 2.24) is 5.32 Å². The Bertz CT molecular complexity index is 551. The number of thioether (sulfide) groups is 2. The molecule has 0 heterocycles. The highest BCUT2D eigenvalue weighted by molar-refractivity contribution is 8.15. The second kappa shape index (κ2) is 11.1. The maximum atomic E-state index is 12.3. The number of hydrogen-bond donors (Lipinski definition) is 1. The van der Waals surface area contributed by atoms with Gasteiger partial charge in [-0.3, -0.25) is 9.59 Å². The molecule has 7 heteroatoms. The number of nitrogens with one attached hydrogen (secondary N) is 1. The molecule has 0 radical (unpaired) electrons. The van der Waals surface area contributed by atoms with Crippen molar-refractivity contribution < 1.29 is 19.1 Å². The van der Waals surface area contributed by atoms with E-state index in [1.165, 1.54) is 0 Å². The van der Waals surface area contributed by atoms with Gasteiger partial charge in [0.2, 0.25) is 11.0 Å². The summed E-state index contributed by atoms with van der Waals surface area (Å²) in [4.78, 5) is 36.4. The summed E-state index contributed by atoms with van der Waals surface area (Å²) in [5.41, 5.74) is 0.548. The fraction of sp³-hybridized carbons (Fsp3) is 0.471. The molecule has 0 saturated carbocycles. The van der Waals surface area contributed by atoms with Crippen LogP contribution in [0.15, 0.2) is 30.3 Å². The average molecular weight is 370 g/mol. The number of benzene rings is 1. The van der Waals surface area contributed by atoms with Crippen LogP contribution < -0.4 is 5.32 Å². The minimum atomic E-state index is -0.681. The van der Waals surface area contributed by atoms with Crippen LogP contribution in [0.25, 0.3) is 0 Å². The quantitative estimate of drug-likeness (QED) is 0.675. The van der Waals surface area contributed by atoms with E-state index in [1.54, 1.807) is 49.9 Å². The molecule has 5 nitrogen and oxygen atoms in total. The molecule has 1 rings (SSSR count). The van der Waals surface area contributed by atoms with Crippen molar-refractivity contribution >= 4 is 40.5 Å². The van der Waals surface area contributed by atoms with E-state index in [0.717, 1.165) is 17.5 Å². The predicted molar refractivity (Wildman–Crippen MR) is 99.4 cm³/mol. The number of rotatable bonds is 9. The number of carbonyl (C=O) groups excluding carboxylic acids is 3. The highest BCUT2D eigenvalue weighted by atomic mass is 32.2. The van der Waals surface area contributed by atoms with Crippen molar-refractivity contribution in [2.75, 3.05) is 18.6 Å². The summed E-state index contributed by atoms with van der Waals surface area (Å²) in [6.07, 6.45) is 2.43. The number of carbonyl (C=O) groups is 3. The number of ether oxygens (including phenoxy) is 1. The zero-order valence-corrected chi connectivity index (χ0v) is 15.7. The molecule has 1 aromatic carbocycles. The van der Waals surface area contributed by atoms with E-state index in [-0.39, 0.29) is 17.6 Å². The van der Waals surface area contributed by atoms with E-state index in [1.807, 2.05) is 12.3 Å². The Labute approximate surface area is 151 Å². The van der Waals surface area contributed by atoms with E-state index < -0.39 is 17.3 Å². The molecule has 1 amide bonds. The Morgan fingerprint density at radius 3 is 2.46 bits per heavy atom. The van der Waals surface area contributed by atoms with Gasteiger partial charge < -0.3 is 10.1 Å². The van der Waals surface area contributed by atoms with Crippen LogP contribution in [0, 0.1) is 0 Å². The van der Waals surface area contributed by atoms with E-state index in [0.29, 0.717) is 12.0 Å². The topological polar surface area (TPSA) is 72.5 Å². The van der Waals surface area contributed by atoms with Crippen molar-refractivity contribution in [2.24, 2.45) is 0 Å². The Hall–Kier alpha value is -1.47. The summed E-state index contributed by atoms with van der Waals surface area (Å²) in [6.45, 7) is 3.64. The molecule has 0 bridgehead atoms. The second-order valence-electron chi connectivity index (χ2n) is 5.01. The summed E-state index contributed by atoms with van der Waals surface area (Å²) in [7, 11) is 0. The summed E-state index contributed by atoms with van der Waals surface area (Å²) in [6, 6.07) is 8.11. The zero-order valence-electron chi connectivity index (χ0n) is 14.1. The molecule has 2 atom stereocenters. The first-order valence-corrected chi connectivity index (χ1v) is 9.98. The monoisotopic (exact) mass is 369 g/mol. The van der Waals surface area contributed by atoms with Crippen molar-refractivity contribution in [3.8, 4) is 0 Å². The maximum absolute atomic E-state index is 12.3. The third-order valence-corrected chi connectivity index (χ3v) is 4.82. The highest BCUT2D eigenvalue weighted by Gasteiger charge is 2.26. The van der Waals surface area contributed by atoms with Crippen LogP contribution in [0.1, 0.15) is 30.6 Å². The van der Waals surface area contributed by atoms with E-state index in [9.17, 15) is 14.4 Å². The lowest BCUT2D eigenvalue weighted by Crippen LogP contribution is -2.45. The maximum Gasteiger partial charge on any atom is 0.328 e. The van der Waals surface area contributed by atoms with Gasteiger partial charge in [0.05, 0.1) is 11.9 Å². The summed E-state index contributed by atoms with van der Waals surface area (Å²) >= 11 is 2.53. The molecule has 0 aliphatic carbocycles. The van der Waals surface area contributed by atoms with E-state index in [2.05, 4.69) is 5.32 Å². The molecule has 132 valence electrons. The molecular formula is C17H23NO4S2. The van der Waals surface area contributed by atoms with Crippen LogP contribution in [0.5, 0.6) is 0 Å². The first-order chi connectivity index (χ1) is 11.5. The molecule has 24 heavy (non-hydrogen) atoms. The van der Waals surface area contributed by atoms with Gasteiger partial charge in [0.1, 0.15) is 6.04 Å². The van der Waals surface area contributed by atoms with Gasteiger partial charge in [-0.1, -0.05) is 42.1 Å². The molecule has 1 aromatic rings. The fourth-order valence-electron chi connectivity index (χ4n) is 1.87. The first kappa shape index (κ1) is 20.6. The molecule has 0 aliphatic heterocycles. The van der Waals surface area contributed by atoms with Gasteiger partial charge >= 0.3 is 5.97 Å². The molecular weight excluding hydrogens is 346 g/mol. The Morgan fingerprint density at radius 1 is 1.21 bits per heavy atom. The van der Waals surface area contributed by atoms with E-state index in [4.69, 9.17) is 4.74 Å². The summed E-state index contributed by atoms with van der Waals surface area (Å²) in [5, 5.41) is 1.93. The molecule has 0 aliphatic rings. The van der Waals surface area contributed by atoms with Crippen molar-refractivity contribution in [3.05, 3.63) is 35.9 Å². The van der Waals surface area contributed by atoms with Crippen molar-refractivity contribution in [2.45, 2.75) is 31.6 Å². The van der Waals surface area contributed by atoms with Gasteiger partial charge in [-0.25, -0.2) is 4.79 Å². The molecule has 0 fully saturated rings. The predicted octanol–water partition coefficient (Wildman–Crippen LogP) is 2.75. The van der Waals surface area contributed by atoms with Gasteiger partial charge in [-0.2, -0.15) is 11.8 Å². The van der Waals surface area contributed by atoms with E-state index >= 15 is 0 Å². The van der Waals surface area contributed by atoms with Gasteiger partial charge in [0, 0.05) is 5.56 Å². The van der Waals surface area contributed by atoms with Crippen LogP contribution in [0.2, 0.25) is 0 Å². The van der Waals surface area contributed by atoms with Crippen molar-refractivity contribution in [3.63, 3.8) is 0 Å². The van der Waals surface area contributed by atoms with Crippen LogP contribution in [-0.4, -0.2) is 46.9 Å². The van der Waals surface area contributed by atoms with Crippen LogP contribution in [-0.2, 0) is 14.3 Å². The van der Waals surface area contributed by atoms with Gasteiger partial charge in [-0.15, -0.1) is 0 Å². The average Bonchev–Trinajstić information content (AvgIpc) is 2.59. The molecule has 1 unspecified atom stereocenters. The number of hydrogen-bond acceptors (Lipinski definition) is 6. The minimum Gasteiger partial charge on any atom is -0.464 e. The number of esters is 1. The third kappa shape index (κ3) is 6.97. The standard InChI is InChI=1S/C17H23NO4S2/c1-4-22-16(20)14(10-11-23-3)18-15(19)12(2)24-17(21)13-8-6-5-7-9-13/h5-9,12,14H,4,10-11H2,1-3H3,(H,18,19)/t12?,14-/m0/s1. The van der Waals surface area contributed by atoms with Crippen LogP contribution in [0.3, 0.4) is 0 Å². The Morgan fingerprint density at radius 2 is 1.88 bits per heavy atom. The summed E-state index contributed by atoms with van der Waals surface area (Å²) < 4.78 is 5.00. The Kier molecular flexibility index (Phi) is 9.56. The molecule has 0 spiro atoms. The summed E-state index contributed by atoms with van der Waals surface area (Å²) in [5.74, 6) is -0.0521. The zero-order chi connectivity index (χ0) is 17.9. The lowest BCUT2D eigenvalue weighted by molar-refractivity contribution is -0.147. The smallest absolute Gasteiger partial charge is 0.328 e. The largest absolute Gasteiger partial charge is 0.464 e. The third-order valence-electron chi connectivity index (χ3n) is 3.16. The lowest BCUT2D eigenvalue weighted by atomic mass is 10.2. The first-order valence-electron chi connectivity index (χ1n) is 7.71. The lowest BCUT2D eigenvalue weighted by Gasteiger charge is -2.19. The van der Waals surface area contributed by atoms with Crippen molar-refractivity contribution in [1.29, 1.82) is 0 Å². The van der Waals surface area contributed by atoms with Gasteiger partial charge in [0.15, 0.2) is 0 Å². The van der Waals surface area contributed by atoms with Crippen LogP contribution in [0.4, 0.5) is 0 Å². The van der Waals surface area contributed by atoms with Gasteiger partial charge in [0.25, 0.3) is 0 Å². The SMILES string of the molecule is CCOC(=O)[C@H](CCSC)NC(=O)C(C)SC(=O)c1ccccc1. The van der Waals surface area contributed by atoms with Crippen LogP contribution >= 0.6 is 23.5 Å². The second-order valence-corrected chi connectivity index (χ2v) is 7.31. The Balaban J connectivity index is 2.62. The molecule has 0 aromatic heterocycles. The fourth-order valence-corrected chi connectivity index (χ4v) is 3.11. The normalized spacial score (nSPS) is 13.0. The number of amides is 1. The highest BCUT2D eigenvalue weighted by Crippen LogP contribution is 2.18.